The van der Waals surface area contributed by atoms with E-state index in [4.69, 9.17) is 5.14 Å². The summed E-state index contributed by atoms with van der Waals surface area (Å²) in [5.41, 5.74) is 5.26. The fourth-order valence-electron chi connectivity index (χ4n) is 2.58. The summed E-state index contributed by atoms with van der Waals surface area (Å²) in [7, 11) is -4.13. The highest BCUT2D eigenvalue weighted by atomic mass is 32.2. The number of nitriles is 1. The Bertz CT molecular complexity index is 1340. The van der Waals surface area contributed by atoms with Crippen molar-refractivity contribution >= 4 is 27.3 Å². The monoisotopic (exact) mass is 408 g/mol. The Balaban J connectivity index is 1.68. The minimum Gasteiger partial charge on any atom is -0.371 e. The largest absolute Gasteiger partial charge is 0.380 e. The first-order chi connectivity index (χ1) is 13.9. The molecule has 12 heteroatoms. The van der Waals surface area contributed by atoms with Crippen LogP contribution >= 0.6 is 0 Å². The minimum absolute atomic E-state index is 0.0351. The van der Waals surface area contributed by atoms with Crippen LogP contribution in [0.3, 0.4) is 0 Å². The van der Waals surface area contributed by atoms with Gasteiger partial charge in [-0.25, -0.2) is 24.6 Å². The maximum absolute atomic E-state index is 11.0. The zero-order chi connectivity index (χ0) is 20.4. The van der Waals surface area contributed by atoms with E-state index in [9.17, 15) is 13.7 Å². The first-order valence-corrected chi connectivity index (χ1v) is 9.55. The van der Waals surface area contributed by atoms with Gasteiger partial charge in [-0.15, -0.1) is 0 Å². The average Bonchev–Trinajstić information content (AvgIpc) is 3.10. The molecule has 144 valence electrons. The topological polar surface area (TPSA) is 162 Å². The number of nitrogens with one attached hydrogen (secondary N) is 1. The zero-order valence-electron chi connectivity index (χ0n) is 14.6. The predicted octanol–water partition coefficient (Wildman–Crippen LogP) is 1.22. The molecule has 0 radical (unpaired) electrons. The van der Waals surface area contributed by atoms with Gasteiger partial charge in [-0.3, -0.25) is 5.43 Å². The van der Waals surface area contributed by atoms with Gasteiger partial charge in [0.25, 0.3) is 0 Å². The number of aromatic nitrogens is 5. The van der Waals surface area contributed by atoms with E-state index in [1.54, 1.807) is 35.4 Å². The number of hydrogen-bond acceptors (Lipinski definition) is 9. The Hall–Kier alpha value is -4.08. The summed E-state index contributed by atoms with van der Waals surface area (Å²) in [6, 6.07) is 11.5. The Kier molecular flexibility index (Phi) is 4.51. The van der Waals surface area contributed by atoms with Gasteiger partial charge in [0.15, 0.2) is 17.2 Å². The molecule has 11 nitrogen and oxygen atoms in total. The normalized spacial score (nSPS) is 11.2. The maximum atomic E-state index is 11.0. The van der Waals surface area contributed by atoms with E-state index in [0.29, 0.717) is 28.2 Å². The molecule has 3 N–H and O–H groups in total. The Morgan fingerprint density at radius 1 is 1.14 bits per heavy atom. The lowest BCUT2D eigenvalue weighted by Crippen LogP contribution is -2.18. The number of benzene rings is 1. The van der Waals surface area contributed by atoms with Crippen molar-refractivity contribution in [3.63, 3.8) is 0 Å². The SMILES string of the molecule is N#Cc1ncc(Nn2cnc3cccnc32)nc1-c1ccc(OS(N)(=O)=O)cc1. The van der Waals surface area contributed by atoms with E-state index in [2.05, 4.69) is 29.5 Å². The predicted molar refractivity (Wildman–Crippen MR) is 102 cm³/mol. The first-order valence-electron chi connectivity index (χ1n) is 8.08. The molecule has 0 amide bonds. The Labute approximate surface area is 164 Å². The molecule has 4 rings (SSSR count). The van der Waals surface area contributed by atoms with E-state index in [1.807, 2.05) is 12.1 Å². The van der Waals surface area contributed by atoms with Crippen molar-refractivity contribution in [3.05, 3.63) is 60.8 Å². The van der Waals surface area contributed by atoms with Gasteiger partial charge in [-0.1, -0.05) is 0 Å². The lowest BCUT2D eigenvalue weighted by Gasteiger charge is -2.10. The number of nitrogens with two attached hydrogens (primary N) is 1. The Morgan fingerprint density at radius 2 is 1.93 bits per heavy atom. The lowest BCUT2D eigenvalue weighted by atomic mass is 10.1. The molecule has 3 aromatic heterocycles. The van der Waals surface area contributed by atoms with Crippen LogP contribution in [0.1, 0.15) is 5.69 Å². The van der Waals surface area contributed by atoms with E-state index in [0.717, 1.165) is 0 Å². The van der Waals surface area contributed by atoms with Gasteiger partial charge in [0.2, 0.25) is 0 Å². The van der Waals surface area contributed by atoms with Crippen molar-refractivity contribution in [1.29, 1.82) is 5.26 Å². The third-order valence-electron chi connectivity index (χ3n) is 3.76. The second-order valence-corrected chi connectivity index (χ2v) is 6.89. The molecule has 0 saturated heterocycles. The van der Waals surface area contributed by atoms with Crippen molar-refractivity contribution in [2.75, 3.05) is 5.43 Å². The molecule has 3 heterocycles. The number of anilines is 1. The summed E-state index contributed by atoms with van der Waals surface area (Å²) in [5.74, 6) is 0.391. The molecule has 0 spiro atoms. The smallest absolute Gasteiger partial charge is 0.371 e. The molecule has 1 aromatic carbocycles. The summed E-state index contributed by atoms with van der Waals surface area (Å²) in [6.45, 7) is 0. The fraction of sp³-hybridized carbons (Fsp3) is 0. The van der Waals surface area contributed by atoms with E-state index in [-0.39, 0.29) is 11.4 Å². The molecule has 4 aromatic rings. The van der Waals surface area contributed by atoms with Gasteiger partial charge in [0.1, 0.15) is 29.4 Å². The zero-order valence-corrected chi connectivity index (χ0v) is 15.4. The number of rotatable bonds is 5. The summed E-state index contributed by atoms with van der Waals surface area (Å²) in [5, 5.41) is 14.2. The maximum Gasteiger partial charge on any atom is 0.380 e. The summed E-state index contributed by atoms with van der Waals surface area (Å²) < 4.78 is 28.2. The molecule has 0 unspecified atom stereocenters. The summed E-state index contributed by atoms with van der Waals surface area (Å²) in [4.78, 5) is 17.1. The highest BCUT2D eigenvalue weighted by Crippen LogP contribution is 2.24. The quantitative estimate of drug-likeness (QED) is 0.494. The van der Waals surface area contributed by atoms with Crippen LogP contribution < -0.4 is 14.7 Å². The van der Waals surface area contributed by atoms with Gasteiger partial charge in [-0.05, 0) is 36.4 Å². The second-order valence-electron chi connectivity index (χ2n) is 5.74. The third-order valence-corrected chi connectivity index (χ3v) is 4.18. The van der Waals surface area contributed by atoms with Crippen LogP contribution in [0.2, 0.25) is 0 Å². The molecule has 0 aliphatic heterocycles. The van der Waals surface area contributed by atoms with E-state index in [1.165, 1.54) is 18.3 Å². The minimum atomic E-state index is -4.13. The van der Waals surface area contributed by atoms with Crippen molar-refractivity contribution in [1.82, 2.24) is 24.6 Å². The summed E-state index contributed by atoms with van der Waals surface area (Å²) in [6.07, 6.45) is 4.61. The van der Waals surface area contributed by atoms with E-state index < -0.39 is 10.3 Å². The van der Waals surface area contributed by atoms with Gasteiger partial charge >= 0.3 is 10.3 Å². The molecule has 0 saturated carbocycles. The third kappa shape index (κ3) is 3.95. The molecular formula is C17H12N8O3S. The molecule has 29 heavy (non-hydrogen) atoms. The molecule has 0 bridgehead atoms. The van der Waals surface area contributed by atoms with Crippen LogP contribution in [0, 0.1) is 11.3 Å². The van der Waals surface area contributed by atoms with Crippen LogP contribution in [0.5, 0.6) is 5.75 Å². The number of hydrogen-bond donors (Lipinski definition) is 2. The van der Waals surface area contributed by atoms with Crippen LogP contribution in [0.15, 0.2) is 55.1 Å². The fourth-order valence-corrected chi connectivity index (χ4v) is 2.96. The highest BCUT2D eigenvalue weighted by Gasteiger charge is 2.12. The van der Waals surface area contributed by atoms with Gasteiger partial charge < -0.3 is 4.18 Å². The molecule has 0 aliphatic rings. The van der Waals surface area contributed by atoms with Crippen LogP contribution in [0.25, 0.3) is 22.4 Å². The number of pyridine rings is 1. The van der Waals surface area contributed by atoms with Gasteiger partial charge in [-0.2, -0.15) is 18.8 Å². The molecular weight excluding hydrogens is 396 g/mol. The highest BCUT2D eigenvalue weighted by molar-refractivity contribution is 7.84. The average molecular weight is 408 g/mol. The van der Waals surface area contributed by atoms with Crippen LogP contribution in [0.4, 0.5) is 5.82 Å². The number of imidazole rings is 1. The number of fused-ring (bicyclic) bond motifs is 1. The lowest BCUT2D eigenvalue weighted by molar-refractivity contribution is 0.488. The standard InChI is InChI=1S/C17H12N8O3S/c18-8-14-16(11-3-5-12(6-4-11)28-29(19,26)27)23-15(9-21-14)24-25-10-22-13-2-1-7-20-17(13)25/h1-7,9-10H,(H,23,24)(H2,19,26,27). The Morgan fingerprint density at radius 3 is 2.66 bits per heavy atom. The second kappa shape index (κ2) is 7.15. The van der Waals surface area contributed by atoms with Gasteiger partial charge in [0, 0.05) is 11.8 Å². The van der Waals surface area contributed by atoms with Crippen molar-refractivity contribution < 1.29 is 12.6 Å². The molecule has 0 fully saturated rings. The molecule has 0 aliphatic carbocycles. The summed E-state index contributed by atoms with van der Waals surface area (Å²) >= 11 is 0. The van der Waals surface area contributed by atoms with E-state index >= 15 is 0 Å². The number of nitrogens with zero attached hydrogens (tertiary/aromatic N) is 6. The molecule has 0 atom stereocenters. The van der Waals surface area contributed by atoms with Crippen molar-refractivity contribution in [3.8, 4) is 23.1 Å². The van der Waals surface area contributed by atoms with Crippen molar-refractivity contribution in [2.45, 2.75) is 0 Å². The van der Waals surface area contributed by atoms with Crippen molar-refractivity contribution in [2.24, 2.45) is 5.14 Å². The van der Waals surface area contributed by atoms with Crippen LogP contribution in [-0.2, 0) is 10.3 Å². The van der Waals surface area contributed by atoms with Crippen LogP contribution in [-0.4, -0.2) is 33.0 Å². The van der Waals surface area contributed by atoms with Gasteiger partial charge in [0.05, 0.1) is 6.20 Å². The first kappa shape index (κ1) is 18.3.